The Morgan fingerprint density at radius 1 is 1.03 bits per heavy atom. The van der Waals surface area contributed by atoms with E-state index in [-0.39, 0.29) is 17.2 Å². The van der Waals surface area contributed by atoms with Gasteiger partial charge in [0.25, 0.3) is 5.91 Å². The van der Waals surface area contributed by atoms with E-state index in [1.807, 2.05) is 24.3 Å². The molecular weight excluding hydrogens is 408 g/mol. The van der Waals surface area contributed by atoms with Crippen LogP contribution in [0.1, 0.15) is 63.7 Å². The summed E-state index contributed by atoms with van der Waals surface area (Å²) in [5, 5.41) is 16.8. The van der Waals surface area contributed by atoms with Gasteiger partial charge in [0.05, 0.1) is 11.3 Å². The molecule has 2 aromatic carbocycles. The van der Waals surface area contributed by atoms with Crippen molar-refractivity contribution >= 4 is 34.4 Å². The molecule has 3 N–H and O–H groups in total. The van der Waals surface area contributed by atoms with E-state index in [9.17, 15) is 19.5 Å². The van der Waals surface area contributed by atoms with Crippen molar-refractivity contribution in [1.82, 2.24) is 5.32 Å². The number of fused-ring (bicyclic) bond motifs is 1. The number of nitrogens with one attached hydrogen (secondary N) is 2. The lowest BCUT2D eigenvalue weighted by Crippen LogP contribution is -2.47. The van der Waals surface area contributed by atoms with Crippen LogP contribution in [0, 0.1) is 11.8 Å². The van der Waals surface area contributed by atoms with Crippen molar-refractivity contribution in [2.75, 3.05) is 5.32 Å². The third-order valence-corrected chi connectivity index (χ3v) is 5.85. The largest absolute Gasteiger partial charge is 0.480 e. The number of carbonyl (C=O) groups is 3. The number of carbonyl (C=O) groups excluding carboxylic acids is 2. The molecule has 1 fully saturated rings. The van der Waals surface area contributed by atoms with Gasteiger partial charge < -0.3 is 15.2 Å². The monoisotopic (exact) mass is 440 g/mol. The molecule has 1 saturated carbocycles. The lowest BCUT2D eigenvalue weighted by molar-refractivity contribution is -0.141. The molecule has 1 aliphatic rings. The van der Waals surface area contributed by atoms with Gasteiger partial charge >= 0.3 is 12.1 Å². The second kappa shape index (κ2) is 9.59. The summed E-state index contributed by atoms with van der Waals surface area (Å²) in [7, 11) is 0. The Morgan fingerprint density at radius 3 is 2.19 bits per heavy atom. The molecular formula is C25H32N2O5. The van der Waals surface area contributed by atoms with E-state index in [1.165, 1.54) is 0 Å². The molecule has 172 valence electrons. The molecule has 0 aliphatic heterocycles. The topological polar surface area (TPSA) is 105 Å². The van der Waals surface area contributed by atoms with Crippen molar-refractivity contribution in [3.63, 3.8) is 0 Å². The number of hydrogen-bond donors (Lipinski definition) is 3. The fourth-order valence-electron chi connectivity index (χ4n) is 4.16. The summed E-state index contributed by atoms with van der Waals surface area (Å²) in [4.78, 5) is 37.6. The van der Waals surface area contributed by atoms with Crippen molar-refractivity contribution in [2.45, 2.75) is 65.0 Å². The number of carboxylic acids is 1. The van der Waals surface area contributed by atoms with E-state index < -0.39 is 29.6 Å². The zero-order valence-electron chi connectivity index (χ0n) is 19.1. The minimum Gasteiger partial charge on any atom is -0.480 e. The molecule has 0 saturated heterocycles. The summed E-state index contributed by atoms with van der Waals surface area (Å²) in [5.41, 5.74) is -0.225. The summed E-state index contributed by atoms with van der Waals surface area (Å²) in [6.07, 6.45) is 2.74. The Labute approximate surface area is 188 Å². The number of aliphatic carboxylic acids is 1. The molecule has 7 heteroatoms. The van der Waals surface area contributed by atoms with Crippen LogP contribution in [0.25, 0.3) is 10.8 Å². The molecule has 0 unspecified atom stereocenters. The maximum Gasteiger partial charge on any atom is 0.412 e. The molecule has 0 radical (unpaired) electrons. The Bertz CT molecular complexity index is 1000. The third-order valence-electron chi connectivity index (χ3n) is 5.85. The molecule has 3 rings (SSSR count). The predicted octanol–water partition coefficient (Wildman–Crippen LogP) is 5.20. The molecule has 1 atom stereocenters. The Balaban J connectivity index is 1.89. The fourth-order valence-corrected chi connectivity index (χ4v) is 4.16. The first-order valence-electron chi connectivity index (χ1n) is 11.1. The maximum absolute atomic E-state index is 13.2. The van der Waals surface area contributed by atoms with Gasteiger partial charge in [-0.25, -0.2) is 9.59 Å². The Hall–Kier alpha value is -3.09. The van der Waals surface area contributed by atoms with Crippen molar-refractivity contribution in [2.24, 2.45) is 11.8 Å². The average molecular weight is 441 g/mol. The lowest BCUT2D eigenvalue weighted by atomic mass is 9.79. The third kappa shape index (κ3) is 5.99. The van der Waals surface area contributed by atoms with Crippen LogP contribution in [0.2, 0.25) is 0 Å². The molecule has 32 heavy (non-hydrogen) atoms. The van der Waals surface area contributed by atoms with E-state index in [0.717, 1.165) is 36.5 Å². The van der Waals surface area contributed by atoms with E-state index in [1.54, 1.807) is 32.9 Å². The van der Waals surface area contributed by atoms with Crippen LogP contribution in [0.15, 0.2) is 36.4 Å². The second-order valence-corrected chi connectivity index (χ2v) is 9.68. The van der Waals surface area contributed by atoms with Crippen LogP contribution in [-0.4, -0.2) is 34.7 Å². The molecule has 2 amide bonds. The van der Waals surface area contributed by atoms with Crippen LogP contribution in [0.3, 0.4) is 0 Å². The van der Waals surface area contributed by atoms with E-state index in [4.69, 9.17) is 4.74 Å². The van der Waals surface area contributed by atoms with E-state index in [0.29, 0.717) is 5.92 Å². The minimum atomic E-state index is -1.04. The number of hydrogen-bond acceptors (Lipinski definition) is 4. The minimum absolute atomic E-state index is 0.115. The number of anilines is 1. The number of amides is 2. The zero-order chi connectivity index (χ0) is 23.5. The standard InChI is InChI=1S/C25H32N2O5/c1-15-9-11-16(12-10-15)21(23(29)30)27-22(28)19-13-17-7-5-6-8-18(17)14-20(19)26-24(31)32-25(2,3)4/h5-8,13-16,21H,9-12H2,1-4H3,(H,26,31)(H,27,28)(H,29,30)/t15-,16-,21-/m0/s1. The average Bonchev–Trinajstić information content (AvgIpc) is 2.70. The molecule has 2 aromatic rings. The van der Waals surface area contributed by atoms with Crippen LogP contribution in [0.5, 0.6) is 0 Å². The normalized spacial score (nSPS) is 19.8. The van der Waals surface area contributed by atoms with Crippen LogP contribution >= 0.6 is 0 Å². The molecule has 7 nitrogen and oxygen atoms in total. The number of ether oxygens (including phenoxy) is 1. The molecule has 1 aliphatic carbocycles. The lowest BCUT2D eigenvalue weighted by Gasteiger charge is -2.31. The summed E-state index contributed by atoms with van der Waals surface area (Å²) < 4.78 is 5.34. The summed E-state index contributed by atoms with van der Waals surface area (Å²) >= 11 is 0. The first-order chi connectivity index (χ1) is 15.0. The first-order valence-corrected chi connectivity index (χ1v) is 11.1. The molecule has 0 aromatic heterocycles. The van der Waals surface area contributed by atoms with Gasteiger partial charge in [-0.05, 0) is 68.4 Å². The molecule has 0 spiro atoms. The van der Waals surface area contributed by atoms with Gasteiger partial charge in [-0.1, -0.05) is 44.0 Å². The number of rotatable bonds is 5. The highest BCUT2D eigenvalue weighted by Crippen LogP contribution is 2.31. The van der Waals surface area contributed by atoms with Gasteiger partial charge in [-0.2, -0.15) is 0 Å². The molecule has 0 bridgehead atoms. The highest BCUT2D eigenvalue weighted by atomic mass is 16.6. The SMILES string of the molecule is CC(C)(C)OC(=O)Nc1cc2ccccc2cc1C(=O)N[C@H](C(=O)O)[C@H]1CC[C@H](C)CC1. The van der Waals surface area contributed by atoms with Gasteiger partial charge in [0, 0.05) is 0 Å². The van der Waals surface area contributed by atoms with Gasteiger partial charge in [0.2, 0.25) is 0 Å². The smallest absolute Gasteiger partial charge is 0.412 e. The summed E-state index contributed by atoms with van der Waals surface area (Å²) in [6.45, 7) is 7.42. The highest BCUT2D eigenvalue weighted by molar-refractivity contribution is 6.07. The summed E-state index contributed by atoms with van der Waals surface area (Å²) in [6, 6.07) is 9.85. The quantitative estimate of drug-likeness (QED) is 0.593. The van der Waals surface area contributed by atoms with Crippen LogP contribution in [0.4, 0.5) is 10.5 Å². The van der Waals surface area contributed by atoms with E-state index in [2.05, 4.69) is 17.6 Å². The predicted molar refractivity (Wildman–Crippen MR) is 124 cm³/mol. The van der Waals surface area contributed by atoms with Gasteiger partial charge in [-0.3, -0.25) is 10.1 Å². The fraction of sp³-hybridized carbons (Fsp3) is 0.480. The zero-order valence-corrected chi connectivity index (χ0v) is 19.1. The van der Waals surface area contributed by atoms with Gasteiger partial charge in [0.15, 0.2) is 0 Å². The van der Waals surface area contributed by atoms with E-state index >= 15 is 0 Å². The molecule has 0 heterocycles. The van der Waals surface area contributed by atoms with Crippen molar-refractivity contribution < 1.29 is 24.2 Å². The van der Waals surface area contributed by atoms with Gasteiger partial charge in [0.1, 0.15) is 11.6 Å². The Morgan fingerprint density at radius 2 is 1.62 bits per heavy atom. The van der Waals surface area contributed by atoms with Crippen molar-refractivity contribution in [3.8, 4) is 0 Å². The van der Waals surface area contributed by atoms with Crippen LogP contribution < -0.4 is 10.6 Å². The Kier molecular flexibility index (Phi) is 7.06. The van der Waals surface area contributed by atoms with Crippen molar-refractivity contribution in [1.29, 1.82) is 0 Å². The summed E-state index contributed by atoms with van der Waals surface area (Å²) in [5.74, 6) is -1.12. The number of carboxylic acid groups (broad SMARTS) is 1. The second-order valence-electron chi connectivity index (χ2n) is 9.68. The van der Waals surface area contributed by atoms with Crippen LogP contribution in [-0.2, 0) is 9.53 Å². The highest BCUT2D eigenvalue weighted by Gasteiger charge is 2.33. The van der Waals surface area contributed by atoms with Crippen molar-refractivity contribution in [3.05, 3.63) is 42.0 Å². The first kappa shape index (κ1) is 23.6. The number of benzene rings is 2. The maximum atomic E-state index is 13.2. The van der Waals surface area contributed by atoms with Gasteiger partial charge in [-0.15, -0.1) is 0 Å².